The number of rotatable bonds is 14. The van der Waals surface area contributed by atoms with E-state index in [1.54, 1.807) is 19.6 Å². The quantitative estimate of drug-likeness (QED) is 0.0679. The van der Waals surface area contributed by atoms with Gasteiger partial charge in [-0.3, -0.25) is 59.2 Å². The smallest absolute Gasteiger partial charge is 0.475 e. The minimum Gasteiger partial charge on any atom is -0.480 e. The van der Waals surface area contributed by atoms with Gasteiger partial charge in [0.1, 0.15) is 11.9 Å². The molecule has 0 aromatic carbocycles. The van der Waals surface area contributed by atoms with Gasteiger partial charge < -0.3 is 35.6 Å². The normalized spacial score (nSPS) is 19.4. The lowest BCUT2D eigenvalue weighted by atomic mass is 9.78. The van der Waals surface area contributed by atoms with E-state index in [0.29, 0.717) is 19.4 Å². The fourth-order valence-electron chi connectivity index (χ4n) is 5.73. The maximum Gasteiger partial charge on any atom is 0.475 e. The third-order valence-electron chi connectivity index (χ3n) is 8.37. The maximum atomic E-state index is 12.9. The molecule has 2 fully saturated rings. The standard InChI is InChI=1S/C29H46BN9O11/c1-20(29(48)39-6-2-3-22(39)30(49)50)32-28(47)21-4-5-23(31-15-21)33-34-24(40)16-35-7-9-36(17-25(41)42)11-13-38(19-27(45)46)14-12-37(10-8-35)18-26(43)44/h4-5,15,20,22,49-50H,2-3,6-14,16-19H2,1H3,(H,31,33)(H,32,47)(H,34,40)(H,41,42)(H,43,44)(H,45,46)/t20-,22+/m1/s1. The zero-order chi connectivity index (χ0) is 36.8. The van der Waals surface area contributed by atoms with Crippen LogP contribution in [-0.2, 0) is 24.0 Å². The van der Waals surface area contributed by atoms with E-state index in [1.807, 2.05) is 0 Å². The molecule has 3 heterocycles. The average molecular weight is 708 g/mol. The number of nitrogens with zero attached hydrogens (tertiary/aromatic N) is 6. The van der Waals surface area contributed by atoms with Crippen molar-refractivity contribution >= 4 is 48.6 Å². The van der Waals surface area contributed by atoms with Gasteiger partial charge in [-0.2, -0.15) is 0 Å². The number of anilines is 1. The number of likely N-dealkylation sites (tertiary alicyclic amines) is 1. The molecule has 2 atom stereocenters. The first-order chi connectivity index (χ1) is 23.7. The number of carbonyl (C=O) groups excluding carboxylic acids is 3. The van der Waals surface area contributed by atoms with Gasteiger partial charge in [-0.15, -0.1) is 0 Å². The van der Waals surface area contributed by atoms with Gasteiger partial charge in [-0.25, -0.2) is 4.98 Å². The van der Waals surface area contributed by atoms with Crippen molar-refractivity contribution in [1.29, 1.82) is 0 Å². The predicted molar refractivity (Wildman–Crippen MR) is 177 cm³/mol. The largest absolute Gasteiger partial charge is 0.480 e. The highest BCUT2D eigenvalue weighted by molar-refractivity contribution is 6.43. The minimum atomic E-state index is -1.67. The highest BCUT2D eigenvalue weighted by atomic mass is 16.4. The highest BCUT2D eigenvalue weighted by Gasteiger charge is 2.38. The summed E-state index contributed by atoms with van der Waals surface area (Å²) < 4.78 is 0. The van der Waals surface area contributed by atoms with E-state index in [4.69, 9.17) is 0 Å². The molecule has 3 amide bonds. The lowest BCUT2D eigenvalue weighted by Gasteiger charge is -2.32. The molecule has 1 aromatic rings. The van der Waals surface area contributed by atoms with Crippen molar-refractivity contribution in [2.75, 3.05) is 90.5 Å². The summed E-state index contributed by atoms with van der Waals surface area (Å²) >= 11 is 0. The second-order valence-corrected chi connectivity index (χ2v) is 12.2. The Morgan fingerprint density at radius 1 is 0.780 bits per heavy atom. The molecule has 0 spiro atoms. The van der Waals surface area contributed by atoms with Crippen molar-refractivity contribution in [2.24, 2.45) is 0 Å². The van der Waals surface area contributed by atoms with Crippen LogP contribution in [0.1, 0.15) is 30.1 Å². The summed E-state index contributed by atoms with van der Waals surface area (Å²) in [5.74, 6) is -5.17. The van der Waals surface area contributed by atoms with E-state index >= 15 is 0 Å². The number of nitrogens with one attached hydrogen (secondary N) is 3. The minimum absolute atomic E-state index is 0.127. The lowest BCUT2D eigenvalue weighted by Crippen LogP contribution is -2.52. The zero-order valence-corrected chi connectivity index (χ0v) is 27.9. The molecule has 50 heavy (non-hydrogen) atoms. The first kappa shape index (κ1) is 40.0. The van der Waals surface area contributed by atoms with Gasteiger partial charge in [0.2, 0.25) is 5.91 Å². The van der Waals surface area contributed by atoms with E-state index in [2.05, 4.69) is 21.2 Å². The van der Waals surface area contributed by atoms with Crippen molar-refractivity contribution in [3.63, 3.8) is 0 Å². The first-order valence-electron chi connectivity index (χ1n) is 16.2. The van der Waals surface area contributed by atoms with Crippen molar-refractivity contribution < 1.29 is 54.1 Å². The molecule has 2 aliphatic heterocycles. The van der Waals surface area contributed by atoms with Gasteiger partial charge in [-0.1, -0.05) is 0 Å². The van der Waals surface area contributed by atoms with Crippen LogP contribution in [0.5, 0.6) is 0 Å². The van der Waals surface area contributed by atoms with E-state index < -0.39 is 54.7 Å². The topological polar surface area (TPSA) is 269 Å². The van der Waals surface area contributed by atoms with E-state index in [9.17, 15) is 54.1 Å². The molecule has 3 rings (SSSR count). The average Bonchev–Trinajstić information content (AvgIpc) is 3.55. The van der Waals surface area contributed by atoms with Crippen molar-refractivity contribution in [3.8, 4) is 0 Å². The van der Waals surface area contributed by atoms with Gasteiger partial charge in [0.05, 0.1) is 37.7 Å². The van der Waals surface area contributed by atoms with Crippen molar-refractivity contribution in [3.05, 3.63) is 23.9 Å². The van der Waals surface area contributed by atoms with Crippen LogP contribution in [0, 0.1) is 0 Å². The Kier molecular flexibility index (Phi) is 15.8. The van der Waals surface area contributed by atoms with Crippen LogP contribution in [0.4, 0.5) is 5.82 Å². The van der Waals surface area contributed by atoms with Crippen LogP contribution in [0.25, 0.3) is 0 Å². The number of hydrogen-bond donors (Lipinski definition) is 8. The fourth-order valence-corrected chi connectivity index (χ4v) is 5.73. The van der Waals surface area contributed by atoms with Gasteiger partial charge in [-0.05, 0) is 31.9 Å². The second-order valence-electron chi connectivity index (χ2n) is 12.2. The summed E-state index contributed by atoms with van der Waals surface area (Å²) in [5, 5.41) is 49.7. The van der Waals surface area contributed by atoms with Gasteiger partial charge in [0.15, 0.2) is 0 Å². The van der Waals surface area contributed by atoms with Crippen LogP contribution >= 0.6 is 0 Å². The number of hydrazine groups is 1. The molecule has 8 N–H and O–H groups in total. The van der Waals surface area contributed by atoms with Crippen LogP contribution in [0.2, 0.25) is 0 Å². The molecule has 0 saturated carbocycles. The second kappa shape index (κ2) is 19.7. The van der Waals surface area contributed by atoms with Gasteiger partial charge in [0, 0.05) is 65.1 Å². The monoisotopic (exact) mass is 707 g/mol. The molecule has 276 valence electrons. The number of carboxylic acids is 3. The molecule has 20 nitrogen and oxygen atoms in total. The van der Waals surface area contributed by atoms with Gasteiger partial charge >= 0.3 is 25.0 Å². The zero-order valence-electron chi connectivity index (χ0n) is 27.9. The molecule has 0 aliphatic carbocycles. The van der Waals surface area contributed by atoms with Crippen LogP contribution in [0.15, 0.2) is 18.3 Å². The number of hydrogen-bond acceptors (Lipinski definition) is 14. The predicted octanol–water partition coefficient (Wildman–Crippen LogP) is -3.88. The molecule has 0 bridgehead atoms. The highest BCUT2D eigenvalue weighted by Crippen LogP contribution is 2.19. The Labute approximate surface area is 289 Å². The number of aliphatic carboxylic acids is 3. The number of pyridine rings is 1. The summed E-state index contributed by atoms with van der Waals surface area (Å²) in [4.78, 5) is 84.9. The molecular weight excluding hydrogens is 661 g/mol. The molecule has 0 radical (unpaired) electrons. The summed E-state index contributed by atoms with van der Waals surface area (Å²) in [6.07, 6.45) is 2.32. The number of amides is 3. The van der Waals surface area contributed by atoms with Crippen molar-refractivity contribution in [1.82, 2.24) is 40.2 Å². The Morgan fingerprint density at radius 2 is 1.26 bits per heavy atom. The van der Waals surface area contributed by atoms with Crippen LogP contribution in [0.3, 0.4) is 0 Å². The Balaban J connectivity index is 1.56. The van der Waals surface area contributed by atoms with E-state index in [-0.39, 0.29) is 89.9 Å². The Morgan fingerprint density at radius 3 is 1.68 bits per heavy atom. The summed E-state index contributed by atoms with van der Waals surface area (Å²) in [5.41, 5.74) is 5.33. The Hall–Kier alpha value is -4.41. The van der Waals surface area contributed by atoms with E-state index in [1.165, 1.54) is 30.2 Å². The third-order valence-corrected chi connectivity index (χ3v) is 8.37. The third kappa shape index (κ3) is 13.5. The summed E-state index contributed by atoms with van der Waals surface area (Å²) in [6, 6.07) is 1.95. The molecule has 1 aromatic heterocycles. The Bertz CT molecular complexity index is 1310. The molecule has 2 saturated heterocycles. The van der Waals surface area contributed by atoms with Gasteiger partial charge in [0.25, 0.3) is 11.8 Å². The molecular formula is C29H46BN9O11. The fraction of sp³-hybridized carbons (Fsp3) is 0.621. The van der Waals surface area contributed by atoms with Crippen molar-refractivity contribution in [2.45, 2.75) is 31.7 Å². The summed E-state index contributed by atoms with van der Waals surface area (Å²) in [7, 11) is -1.67. The number of aromatic nitrogens is 1. The molecule has 0 unspecified atom stereocenters. The SMILES string of the molecule is C[C@@H](NC(=O)c1ccc(NNC(=O)CN2CCN(CC(=O)O)CCN(CC(=O)O)CCN(CC(=O)O)CC2)nc1)C(=O)N1CCC[C@H]1B(O)O. The molecule has 21 heteroatoms. The summed E-state index contributed by atoms with van der Waals surface area (Å²) in [6.45, 7) is 2.94. The van der Waals surface area contributed by atoms with E-state index in [0.717, 1.165) is 0 Å². The number of carboxylic acid groups (broad SMARTS) is 3. The first-order valence-corrected chi connectivity index (χ1v) is 16.2. The molecule has 2 aliphatic rings. The van der Waals surface area contributed by atoms with Crippen LogP contribution < -0.4 is 16.2 Å². The maximum absolute atomic E-state index is 12.9. The lowest BCUT2D eigenvalue weighted by molar-refractivity contribution is -0.140. The number of carbonyl (C=O) groups is 6. The van der Waals surface area contributed by atoms with Crippen LogP contribution in [-0.4, -0.2) is 195 Å².